The van der Waals surface area contributed by atoms with Crippen LogP contribution in [0.25, 0.3) is 0 Å². The minimum atomic E-state index is -0.575. The highest BCUT2D eigenvalue weighted by Crippen LogP contribution is 2.24. The maximum Gasteiger partial charge on any atom is 0.274 e. The first kappa shape index (κ1) is 21.0. The number of aryl methyl sites for hydroxylation is 1. The van der Waals surface area contributed by atoms with E-state index in [1.54, 1.807) is 29.2 Å². The zero-order valence-corrected chi connectivity index (χ0v) is 17.0. The van der Waals surface area contributed by atoms with Crippen LogP contribution in [0.2, 0.25) is 5.02 Å². The van der Waals surface area contributed by atoms with Crippen LogP contribution >= 0.6 is 11.6 Å². The van der Waals surface area contributed by atoms with Crippen molar-refractivity contribution >= 4 is 23.4 Å². The molecule has 9 heteroatoms. The number of primary amides is 1. The number of aromatic nitrogens is 2. The number of carbonyl (C=O) groups is 2. The van der Waals surface area contributed by atoms with Crippen LogP contribution in [0.4, 0.5) is 0 Å². The second-order valence-electron chi connectivity index (χ2n) is 6.96. The Morgan fingerprint density at radius 2 is 1.76 bits per heavy atom. The van der Waals surface area contributed by atoms with E-state index >= 15 is 0 Å². The molecule has 154 valence electrons. The molecule has 8 nitrogen and oxygen atoms in total. The molecule has 0 radical (unpaired) electrons. The molecule has 2 heterocycles. The van der Waals surface area contributed by atoms with Crippen molar-refractivity contribution in [2.24, 2.45) is 5.73 Å². The van der Waals surface area contributed by atoms with Gasteiger partial charge in [-0.3, -0.25) is 19.3 Å². The van der Waals surface area contributed by atoms with E-state index in [1.165, 1.54) is 16.8 Å². The molecule has 1 aliphatic heterocycles. The van der Waals surface area contributed by atoms with Gasteiger partial charge in [0.15, 0.2) is 0 Å². The number of carbonyl (C=O) groups excluding carboxylic acids is 2. The minimum Gasteiger partial charge on any atom is -0.368 e. The number of hydrogen-bond donors (Lipinski definition) is 1. The molecule has 1 fully saturated rings. The Bertz CT molecular complexity index is 936. The van der Waals surface area contributed by atoms with Crippen LogP contribution in [0.5, 0.6) is 0 Å². The van der Waals surface area contributed by atoms with Crippen LogP contribution in [-0.2, 0) is 11.3 Å². The summed E-state index contributed by atoms with van der Waals surface area (Å²) >= 11 is 5.93. The quantitative estimate of drug-likeness (QED) is 0.763. The molecule has 29 heavy (non-hydrogen) atoms. The van der Waals surface area contributed by atoms with Crippen molar-refractivity contribution in [3.8, 4) is 0 Å². The Hall–Kier alpha value is -2.71. The van der Waals surface area contributed by atoms with Crippen LogP contribution in [-0.4, -0.2) is 57.6 Å². The van der Waals surface area contributed by atoms with Crippen molar-refractivity contribution in [2.45, 2.75) is 25.9 Å². The maximum atomic E-state index is 12.8. The maximum absolute atomic E-state index is 12.8. The summed E-state index contributed by atoms with van der Waals surface area (Å²) in [6, 6.07) is 9.28. The Morgan fingerprint density at radius 1 is 1.10 bits per heavy atom. The van der Waals surface area contributed by atoms with E-state index < -0.39 is 11.9 Å². The predicted octanol–water partition coefficient (Wildman–Crippen LogP) is 1.29. The summed E-state index contributed by atoms with van der Waals surface area (Å²) in [5, 5.41) is 4.78. The second kappa shape index (κ2) is 9.19. The van der Waals surface area contributed by atoms with Crippen LogP contribution in [0, 0.1) is 0 Å². The average Bonchev–Trinajstić information content (AvgIpc) is 2.71. The third-order valence-corrected chi connectivity index (χ3v) is 5.19. The van der Waals surface area contributed by atoms with Gasteiger partial charge in [0.25, 0.3) is 11.5 Å². The molecule has 0 saturated carbocycles. The highest BCUT2D eigenvalue weighted by Gasteiger charge is 2.31. The number of piperazine rings is 1. The van der Waals surface area contributed by atoms with Crippen molar-refractivity contribution in [1.82, 2.24) is 19.6 Å². The number of rotatable bonds is 6. The third-order valence-electron chi connectivity index (χ3n) is 4.94. The second-order valence-corrected chi connectivity index (χ2v) is 7.40. The Kier molecular flexibility index (Phi) is 6.66. The molecule has 0 unspecified atom stereocenters. The topological polar surface area (TPSA) is 102 Å². The smallest absolute Gasteiger partial charge is 0.274 e. The number of halogens is 1. The number of nitrogens with zero attached hydrogens (tertiary/aromatic N) is 4. The van der Waals surface area contributed by atoms with Gasteiger partial charge in [0.05, 0.1) is 0 Å². The molecular weight excluding hydrogens is 394 g/mol. The van der Waals surface area contributed by atoms with Gasteiger partial charge in [0, 0.05) is 43.8 Å². The Labute approximate surface area is 173 Å². The van der Waals surface area contributed by atoms with Crippen molar-refractivity contribution in [1.29, 1.82) is 0 Å². The predicted molar refractivity (Wildman–Crippen MR) is 110 cm³/mol. The lowest BCUT2D eigenvalue weighted by Crippen LogP contribution is -2.52. The molecule has 1 atom stereocenters. The van der Waals surface area contributed by atoms with Gasteiger partial charge in [-0.2, -0.15) is 5.10 Å². The standard InChI is InChI=1S/C20H24ClN5O3/c1-2-9-26-17(27)8-7-16(23-26)20(29)25-12-10-24(11-13-25)18(19(22)28)14-3-5-15(21)6-4-14/h3-8,18H,2,9-13H2,1H3,(H2,22,28)/t18-/m0/s1. The fourth-order valence-corrected chi connectivity index (χ4v) is 3.61. The summed E-state index contributed by atoms with van der Waals surface area (Å²) < 4.78 is 1.31. The molecule has 2 aromatic rings. The molecule has 2 amide bonds. The SMILES string of the molecule is CCCn1nc(C(=O)N2CCN([C@H](C(N)=O)c3ccc(Cl)cc3)CC2)ccc1=O. The van der Waals surface area contributed by atoms with E-state index in [4.69, 9.17) is 17.3 Å². The van der Waals surface area contributed by atoms with E-state index in [-0.39, 0.29) is 17.2 Å². The normalized spacial score (nSPS) is 15.9. The first-order valence-electron chi connectivity index (χ1n) is 9.57. The molecule has 0 spiro atoms. The van der Waals surface area contributed by atoms with E-state index in [2.05, 4.69) is 5.10 Å². The number of hydrogen-bond acceptors (Lipinski definition) is 5. The highest BCUT2D eigenvalue weighted by molar-refractivity contribution is 6.30. The van der Waals surface area contributed by atoms with E-state index in [0.29, 0.717) is 37.7 Å². The third kappa shape index (κ3) is 4.83. The average molecular weight is 418 g/mol. The first-order valence-corrected chi connectivity index (χ1v) is 9.94. The summed E-state index contributed by atoms with van der Waals surface area (Å²) in [6.07, 6.45) is 0.752. The van der Waals surface area contributed by atoms with Gasteiger partial charge in [0.2, 0.25) is 5.91 Å². The summed E-state index contributed by atoms with van der Waals surface area (Å²) in [5.41, 5.74) is 6.44. The molecule has 0 bridgehead atoms. The lowest BCUT2D eigenvalue weighted by atomic mass is 10.0. The Balaban J connectivity index is 1.70. The van der Waals surface area contributed by atoms with Gasteiger partial charge in [0.1, 0.15) is 11.7 Å². The molecule has 1 aromatic heterocycles. The summed E-state index contributed by atoms with van der Waals surface area (Å²) in [6.45, 7) is 4.27. The minimum absolute atomic E-state index is 0.222. The van der Waals surface area contributed by atoms with Gasteiger partial charge in [-0.05, 0) is 30.2 Å². The largest absolute Gasteiger partial charge is 0.368 e. The van der Waals surface area contributed by atoms with Crippen LogP contribution in [0.1, 0.15) is 35.4 Å². The van der Waals surface area contributed by atoms with Crippen molar-refractivity contribution in [3.63, 3.8) is 0 Å². The van der Waals surface area contributed by atoms with Crippen molar-refractivity contribution < 1.29 is 9.59 Å². The molecule has 2 N–H and O–H groups in total. The van der Waals surface area contributed by atoms with Gasteiger partial charge >= 0.3 is 0 Å². The lowest BCUT2D eigenvalue weighted by molar-refractivity contribution is -0.124. The Morgan fingerprint density at radius 3 is 2.34 bits per heavy atom. The van der Waals surface area contributed by atoms with E-state index in [9.17, 15) is 14.4 Å². The zero-order chi connectivity index (χ0) is 21.0. The number of nitrogens with two attached hydrogens (primary N) is 1. The van der Waals surface area contributed by atoms with Crippen molar-refractivity contribution in [2.75, 3.05) is 26.2 Å². The van der Waals surface area contributed by atoms with Gasteiger partial charge in [-0.1, -0.05) is 30.7 Å². The van der Waals surface area contributed by atoms with E-state index in [0.717, 1.165) is 12.0 Å². The van der Waals surface area contributed by atoms with Crippen LogP contribution < -0.4 is 11.3 Å². The highest BCUT2D eigenvalue weighted by atomic mass is 35.5. The van der Waals surface area contributed by atoms with Crippen LogP contribution in [0.15, 0.2) is 41.2 Å². The molecule has 1 aliphatic rings. The fourth-order valence-electron chi connectivity index (χ4n) is 3.48. The molecule has 1 aromatic carbocycles. The lowest BCUT2D eigenvalue weighted by Gasteiger charge is -2.38. The number of benzene rings is 1. The summed E-state index contributed by atoms with van der Waals surface area (Å²) in [7, 11) is 0. The summed E-state index contributed by atoms with van der Waals surface area (Å²) in [4.78, 5) is 40.3. The van der Waals surface area contributed by atoms with Crippen LogP contribution in [0.3, 0.4) is 0 Å². The van der Waals surface area contributed by atoms with E-state index in [1.807, 2.05) is 11.8 Å². The molecular formula is C20H24ClN5O3. The molecule has 3 rings (SSSR count). The molecule has 0 aliphatic carbocycles. The van der Waals surface area contributed by atoms with Gasteiger partial charge in [-0.25, -0.2) is 4.68 Å². The monoisotopic (exact) mass is 417 g/mol. The molecule has 1 saturated heterocycles. The first-order chi connectivity index (χ1) is 13.9. The fraction of sp³-hybridized carbons (Fsp3) is 0.400. The van der Waals surface area contributed by atoms with Crippen molar-refractivity contribution in [3.05, 3.63) is 63.0 Å². The van der Waals surface area contributed by atoms with Gasteiger partial charge in [-0.15, -0.1) is 0 Å². The number of amides is 2. The summed E-state index contributed by atoms with van der Waals surface area (Å²) in [5.74, 6) is -0.669. The van der Waals surface area contributed by atoms with Gasteiger partial charge < -0.3 is 10.6 Å². The zero-order valence-electron chi connectivity index (χ0n) is 16.3.